The molecule has 0 saturated carbocycles. The molecule has 0 unspecified atom stereocenters. The summed E-state index contributed by atoms with van der Waals surface area (Å²) >= 11 is -2.03. The Bertz CT molecular complexity index is 435. The molecule has 0 aromatic carbocycles. The first-order valence-corrected chi connectivity index (χ1v) is 17.5. The van der Waals surface area contributed by atoms with Gasteiger partial charge in [0.25, 0.3) is 0 Å². The van der Waals surface area contributed by atoms with Gasteiger partial charge in [-0.1, -0.05) is 47.5 Å². The molecule has 0 fully saturated rings. The topological polar surface area (TPSA) is 72.2 Å². The summed E-state index contributed by atoms with van der Waals surface area (Å²) in [6, 6.07) is 1.41. The van der Waals surface area contributed by atoms with Crippen molar-refractivity contribution < 1.29 is 20.2 Å². The highest BCUT2D eigenvalue weighted by molar-refractivity contribution is 6.79. The molecule has 0 amide bonds. The van der Waals surface area contributed by atoms with Gasteiger partial charge in [-0.2, -0.15) is 0 Å². The van der Waals surface area contributed by atoms with Gasteiger partial charge in [0.1, 0.15) is 0 Å². The molecule has 0 heterocycles. The lowest BCUT2D eigenvalue weighted by Crippen LogP contribution is -2.65. The Kier molecular flexibility index (Phi) is 14.4. The third kappa shape index (κ3) is 14.0. The van der Waals surface area contributed by atoms with Crippen molar-refractivity contribution in [3.8, 4) is 0 Å². The van der Waals surface area contributed by atoms with Crippen LogP contribution in [0.15, 0.2) is 0 Å². The summed E-state index contributed by atoms with van der Waals surface area (Å²) in [7, 11) is -6.15. The van der Waals surface area contributed by atoms with Crippen LogP contribution < -0.4 is 5.40 Å². The van der Waals surface area contributed by atoms with E-state index in [0.29, 0.717) is 29.8 Å². The van der Waals surface area contributed by atoms with Gasteiger partial charge in [0.05, 0.1) is 0 Å². The maximum absolute atomic E-state index is 6.86. The molecule has 0 saturated heterocycles. The van der Waals surface area contributed by atoms with Gasteiger partial charge in [-0.15, -0.1) is 0 Å². The number of rotatable bonds is 16. The van der Waals surface area contributed by atoms with Crippen molar-refractivity contribution in [3.05, 3.63) is 0 Å². The molecule has 2 atom stereocenters. The van der Waals surface area contributed by atoms with Gasteiger partial charge >= 0.3 is 32.3 Å². The summed E-state index contributed by atoms with van der Waals surface area (Å²) in [5.74, 6) is 1.19. The molecule has 0 rings (SSSR count). The summed E-state index contributed by atoms with van der Waals surface area (Å²) < 4.78 is 32.7. The normalized spacial score (nSPS) is 16.9. The maximum atomic E-state index is 6.86. The summed E-state index contributed by atoms with van der Waals surface area (Å²) in [5, 5.41) is 7.77. The van der Waals surface area contributed by atoms with Crippen molar-refractivity contribution in [3.63, 3.8) is 0 Å². The molecule has 0 aliphatic carbocycles. The van der Waals surface area contributed by atoms with E-state index in [1.807, 2.05) is 27.7 Å². The number of hydrogen-bond donors (Lipinski definition) is 1. The van der Waals surface area contributed by atoms with Crippen LogP contribution in [0.4, 0.5) is 0 Å². The van der Waals surface area contributed by atoms with E-state index < -0.39 is 32.3 Å². The zero-order valence-corrected chi connectivity index (χ0v) is 24.9. The molecule has 0 aromatic heterocycles. The van der Waals surface area contributed by atoms with Gasteiger partial charge in [0, 0.05) is 30.4 Å². The number of nitrogens with two attached hydrogens (primary N) is 1. The minimum Gasteiger partial charge on any atom is -0.481 e. The summed E-state index contributed by atoms with van der Waals surface area (Å²) in [5.41, 5.74) is 0. The van der Waals surface area contributed by atoms with E-state index in [4.69, 9.17) is 25.6 Å². The minimum atomic E-state index is -3.14. The monoisotopic (exact) mass is 479 g/mol. The van der Waals surface area contributed by atoms with E-state index in [2.05, 4.69) is 55.4 Å². The smallest absolute Gasteiger partial charge is 0.481 e. The van der Waals surface area contributed by atoms with Gasteiger partial charge in [0.15, 0.2) is 0 Å². The molecule has 9 heteroatoms. The summed E-state index contributed by atoms with van der Waals surface area (Å²) in [6.07, 6.45) is 0.0630. The SMILES string of the molecule is CC(C)[CH2][Al]([O]C(C)C)[O][Si@](CC(C)C)(OC(C)C)O[Si@](N)(CC(C)C)OC(C)C. The van der Waals surface area contributed by atoms with Crippen molar-refractivity contribution in [2.75, 3.05) is 0 Å². The van der Waals surface area contributed by atoms with Gasteiger partial charge in [0.2, 0.25) is 0 Å². The van der Waals surface area contributed by atoms with Crippen LogP contribution in [0.5, 0.6) is 0 Å². The molecule has 0 radical (unpaired) electrons. The lowest BCUT2D eigenvalue weighted by atomic mass is 10.3. The summed E-state index contributed by atoms with van der Waals surface area (Å²) in [6.45, 7) is 25.2. The van der Waals surface area contributed by atoms with Gasteiger partial charge in [-0.25, -0.2) is 0 Å². The largest absolute Gasteiger partial charge is 0.667 e. The first-order chi connectivity index (χ1) is 13.6. The number of hydrogen-bond acceptors (Lipinski definition) is 6. The molecule has 180 valence electrons. The predicted molar refractivity (Wildman–Crippen MR) is 131 cm³/mol. The standard InChI is InChI=1S/C14H34NO4Si2.C4H9.C3H7O.Al/c1-11(2)9-20(15,17-13(5)6)19-21(16,10-12(3)4)18-14(7)8;1-4(2)3;1-3(2)4;/h11-14H,9-10,15H2,1-8H3;4H,1H2,2-3H3;3H,1-2H3;/q-1;;-1;+2/t20-,21+;;;/m0.../s1. The van der Waals surface area contributed by atoms with Crippen molar-refractivity contribution in [1.29, 1.82) is 0 Å². The van der Waals surface area contributed by atoms with Crippen LogP contribution >= 0.6 is 0 Å². The average Bonchev–Trinajstić information content (AvgIpc) is 2.40. The lowest BCUT2D eigenvalue weighted by molar-refractivity contribution is 0.0739. The van der Waals surface area contributed by atoms with Crippen molar-refractivity contribution in [1.82, 2.24) is 0 Å². The Morgan fingerprint density at radius 3 is 1.53 bits per heavy atom. The van der Waals surface area contributed by atoms with Crippen molar-refractivity contribution in [2.24, 2.45) is 23.2 Å². The fraction of sp³-hybridized carbons (Fsp3) is 1.00. The van der Waals surface area contributed by atoms with Crippen LogP contribution in [0.3, 0.4) is 0 Å². The molecule has 0 aliphatic rings. The van der Waals surface area contributed by atoms with Crippen LogP contribution in [0.25, 0.3) is 0 Å². The maximum Gasteiger partial charge on any atom is 0.667 e. The van der Waals surface area contributed by atoms with Crippen LogP contribution in [0, 0.1) is 17.8 Å². The van der Waals surface area contributed by atoms with E-state index in [1.165, 1.54) is 0 Å². The van der Waals surface area contributed by atoms with Crippen molar-refractivity contribution in [2.45, 2.75) is 119 Å². The van der Waals surface area contributed by atoms with E-state index in [1.54, 1.807) is 0 Å². The van der Waals surface area contributed by atoms with Gasteiger partial charge in [-0.3, -0.25) is 0 Å². The summed E-state index contributed by atoms with van der Waals surface area (Å²) in [4.78, 5) is 0. The van der Waals surface area contributed by atoms with E-state index in [-0.39, 0.29) is 18.3 Å². The zero-order chi connectivity index (χ0) is 23.7. The van der Waals surface area contributed by atoms with Crippen molar-refractivity contribution >= 4 is 32.3 Å². The van der Waals surface area contributed by atoms with E-state index in [0.717, 1.165) is 5.28 Å². The fourth-order valence-electron chi connectivity index (χ4n) is 3.44. The molecule has 0 spiro atoms. The highest BCUT2D eigenvalue weighted by atomic mass is 28.5. The van der Waals surface area contributed by atoms with Crippen LogP contribution in [-0.4, -0.2) is 50.7 Å². The Balaban J connectivity index is 6.13. The Hall–Kier alpha value is 0.726. The third-order valence-electron chi connectivity index (χ3n) is 3.93. The second kappa shape index (κ2) is 14.1. The molecule has 0 aromatic rings. The van der Waals surface area contributed by atoms with Crippen LogP contribution in [0.2, 0.25) is 17.4 Å². The second-order valence-corrected chi connectivity index (χ2v) is 18.1. The second-order valence-electron chi connectivity index (χ2n) is 10.5. The minimum absolute atomic E-state index is 0.0131. The molecule has 2 N–H and O–H groups in total. The fourth-order valence-corrected chi connectivity index (χ4v) is 15.4. The molecular weight excluding hydrogens is 429 g/mol. The Morgan fingerprint density at radius 1 is 0.667 bits per heavy atom. The Morgan fingerprint density at radius 2 is 1.17 bits per heavy atom. The molecule has 6 nitrogen and oxygen atoms in total. The quantitative estimate of drug-likeness (QED) is 0.291. The average molecular weight is 480 g/mol. The molecule has 30 heavy (non-hydrogen) atoms. The van der Waals surface area contributed by atoms with Crippen LogP contribution in [-0.2, 0) is 20.2 Å². The highest BCUT2D eigenvalue weighted by Crippen LogP contribution is 2.31. The lowest BCUT2D eigenvalue weighted by Gasteiger charge is -2.42. The van der Waals surface area contributed by atoms with Gasteiger partial charge in [-0.05, 0) is 58.7 Å². The van der Waals surface area contributed by atoms with E-state index in [9.17, 15) is 0 Å². The van der Waals surface area contributed by atoms with E-state index >= 15 is 0 Å². The highest BCUT2D eigenvalue weighted by Gasteiger charge is 2.54. The van der Waals surface area contributed by atoms with Crippen LogP contribution in [0.1, 0.15) is 83.1 Å². The molecule has 0 aliphatic heterocycles. The third-order valence-corrected chi connectivity index (χ3v) is 15.6. The molecular formula is C21H50AlNO5Si2. The first kappa shape index (κ1) is 30.7. The Labute approximate surface area is 194 Å². The predicted octanol–water partition coefficient (Wildman–Crippen LogP) is 5.59. The first-order valence-electron chi connectivity index (χ1n) is 11.8. The van der Waals surface area contributed by atoms with Gasteiger partial charge < -0.3 is 25.6 Å². The zero-order valence-electron chi connectivity index (χ0n) is 21.8. The molecule has 0 bridgehead atoms.